The minimum Gasteiger partial charge on any atom is -0.495 e. The minimum atomic E-state index is -4.36. The van der Waals surface area contributed by atoms with E-state index in [4.69, 9.17) is 0 Å². The van der Waals surface area contributed by atoms with Crippen molar-refractivity contribution in [3.05, 3.63) is 51.3 Å². The molecule has 2 heterocycles. The lowest BCUT2D eigenvalue weighted by Crippen LogP contribution is -2.59. The lowest BCUT2D eigenvalue weighted by molar-refractivity contribution is 0.00278. The maximum Gasteiger partial charge on any atom is 0.295 e. The van der Waals surface area contributed by atoms with Crippen LogP contribution in [0.25, 0.3) is 0 Å². The number of aliphatic hydroxyl groups is 3. The van der Waals surface area contributed by atoms with Gasteiger partial charge >= 0.3 is 0 Å². The number of aliphatic hydroxyl groups excluding tert-OH is 3. The van der Waals surface area contributed by atoms with Crippen LogP contribution in [-0.2, 0) is 10.1 Å². The van der Waals surface area contributed by atoms with E-state index >= 15 is 0 Å². The number of hydrogen-bond donors (Lipinski definition) is 5. The monoisotopic (exact) mass is 479 g/mol. The van der Waals surface area contributed by atoms with Gasteiger partial charge in [-0.1, -0.05) is 30.0 Å². The van der Waals surface area contributed by atoms with Crippen molar-refractivity contribution in [2.24, 2.45) is 20.2 Å². The number of thioether (sulfide) groups is 1. The molecule has 0 spiro atoms. The number of hydrogen-bond acceptors (Lipinski definition) is 10. The highest BCUT2D eigenvalue weighted by atomic mass is 32.2. The third-order valence-electron chi connectivity index (χ3n) is 5.29. The molecule has 4 unspecified atom stereocenters. The van der Waals surface area contributed by atoms with Crippen LogP contribution in [0.2, 0.25) is 0 Å². The first-order valence-electron chi connectivity index (χ1n) is 9.56. The van der Waals surface area contributed by atoms with Crippen molar-refractivity contribution >= 4 is 38.5 Å². The minimum absolute atomic E-state index is 0.0811. The van der Waals surface area contributed by atoms with E-state index in [1.54, 1.807) is 37.3 Å². The third-order valence-corrected chi connectivity index (χ3v) is 7.71. The molecule has 11 nitrogen and oxygen atoms in total. The van der Waals surface area contributed by atoms with Gasteiger partial charge in [-0.05, 0) is 38.0 Å². The molecular formula is C19H21N5O6S2. The summed E-state index contributed by atoms with van der Waals surface area (Å²) in [7, 11) is -4.36. The van der Waals surface area contributed by atoms with Crippen LogP contribution >= 0.6 is 11.8 Å². The second kappa shape index (κ2) is 8.17. The maximum atomic E-state index is 11.8. The predicted molar refractivity (Wildman–Crippen MR) is 119 cm³/mol. The first-order chi connectivity index (χ1) is 15.0. The zero-order valence-corrected chi connectivity index (χ0v) is 18.7. The fraction of sp³-hybridized carbons (Fsp3) is 0.368. The standard InChI is InChI=1S/C19H21N5O6S2/c1-9-3-8-12-13(14(9)32(28,29)30)31-15(20-12)10-4-6-11(7-5-10)23-24-19(2)16(25)21-18(27)22-17(19)26/h3-7,12,16,18,21,25,27H,8H2,1-2H3,(H,22,26)(H,28,29,30)/b24-23+. The molecule has 5 N–H and O–H groups in total. The molecule has 0 amide bonds. The van der Waals surface area contributed by atoms with Crippen LogP contribution in [-0.4, -0.2) is 63.4 Å². The van der Waals surface area contributed by atoms with Crippen molar-refractivity contribution in [1.29, 1.82) is 0 Å². The number of nitrogens with one attached hydrogen (secondary N) is 1. The van der Waals surface area contributed by atoms with Crippen LogP contribution < -0.4 is 5.32 Å². The van der Waals surface area contributed by atoms with Gasteiger partial charge in [0.25, 0.3) is 10.1 Å². The molecule has 2 aliphatic heterocycles. The highest BCUT2D eigenvalue weighted by Crippen LogP contribution is 2.43. The van der Waals surface area contributed by atoms with Gasteiger partial charge < -0.3 is 15.3 Å². The molecule has 4 atom stereocenters. The topological polar surface area (TPSA) is 177 Å². The molecule has 3 aliphatic rings. The Labute approximate surface area is 188 Å². The molecule has 4 rings (SSSR count). The average molecular weight is 480 g/mol. The summed E-state index contributed by atoms with van der Waals surface area (Å²) in [6.45, 7) is 3.06. The van der Waals surface area contributed by atoms with Gasteiger partial charge in [0, 0.05) is 10.5 Å². The lowest BCUT2D eigenvalue weighted by atomic mass is 10.00. The molecule has 1 aromatic rings. The fourth-order valence-electron chi connectivity index (χ4n) is 3.44. The van der Waals surface area contributed by atoms with Crippen molar-refractivity contribution in [1.82, 2.24) is 5.32 Å². The molecule has 0 fully saturated rings. The number of allylic oxidation sites excluding steroid dienone is 1. The Bertz CT molecular complexity index is 1210. The second-order valence-electron chi connectivity index (χ2n) is 7.63. The molecule has 1 aromatic carbocycles. The van der Waals surface area contributed by atoms with Crippen LogP contribution in [0.3, 0.4) is 0 Å². The van der Waals surface area contributed by atoms with Crippen molar-refractivity contribution in [2.75, 3.05) is 0 Å². The smallest absolute Gasteiger partial charge is 0.295 e. The van der Waals surface area contributed by atoms with Crippen molar-refractivity contribution < 1.29 is 28.3 Å². The van der Waals surface area contributed by atoms with E-state index in [1.165, 1.54) is 18.7 Å². The summed E-state index contributed by atoms with van der Waals surface area (Å²) >= 11 is 1.21. The van der Waals surface area contributed by atoms with E-state index in [2.05, 4.69) is 25.5 Å². The Morgan fingerprint density at radius 1 is 1.22 bits per heavy atom. The van der Waals surface area contributed by atoms with Gasteiger partial charge in [0.2, 0.25) is 12.2 Å². The van der Waals surface area contributed by atoms with E-state index in [0.717, 1.165) is 5.56 Å². The summed E-state index contributed by atoms with van der Waals surface area (Å²) in [5.74, 6) is -0.553. The van der Waals surface area contributed by atoms with Crippen LogP contribution in [0.15, 0.2) is 65.9 Å². The summed E-state index contributed by atoms with van der Waals surface area (Å²) in [5, 5.41) is 40.5. The summed E-state index contributed by atoms with van der Waals surface area (Å²) in [6, 6.07) is 6.43. The zero-order valence-electron chi connectivity index (χ0n) is 17.0. The Morgan fingerprint density at radius 2 is 1.91 bits per heavy atom. The molecular weight excluding hydrogens is 458 g/mol. The fourth-order valence-corrected chi connectivity index (χ4v) is 5.94. The van der Waals surface area contributed by atoms with Crippen LogP contribution in [0, 0.1) is 0 Å². The van der Waals surface area contributed by atoms with Gasteiger partial charge in [-0.25, -0.2) is 10.3 Å². The molecule has 0 radical (unpaired) electrons. The first-order valence-corrected chi connectivity index (χ1v) is 11.8. The molecule has 13 heteroatoms. The summed E-state index contributed by atoms with van der Waals surface area (Å²) in [6.07, 6.45) is -0.525. The SMILES string of the molecule is CC1=CCC2N=C(c3ccc(/N=N/C4(C)C(O)=NC(O)NC4O)cc3)SC2=C1S(=O)(=O)O. The van der Waals surface area contributed by atoms with Crippen molar-refractivity contribution in [2.45, 2.75) is 44.4 Å². The van der Waals surface area contributed by atoms with Crippen molar-refractivity contribution in [3.8, 4) is 0 Å². The Hall–Kier alpha value is -2.42. The Balaban J connectivity index is 1.55. The van der Waals surface area contributed by atoms with Gasteiger partial charge in [0.15, 0.2) is 5.54 Å². The van der Waals surface area contributed by atoms with Crippen LogP contribution in [0.5, 0.6) is 0 Å². The predicted octanol–water partition coefficient (Wildman–Crippen LogP) is 1.99. The zero-order chi connectivity index (χ0) is 23.3. The quantitative estimate of drug-likeness (QED) is 0.321. The highest BCUT2D eigenvalue weighted by Gasteiger charge is 2.44. The number of benzene rings is 1. The maximum absolute atomic E-state index is 11.8. The van der Waals surface area contributed by atoms with E-state index in [1.807, 2.05) is 0 Å². The van der Waals surface area contributed by atoms with E-state index < -0.39 is 34.1 Å². The van der Waals surface area contributed by atoms with Gasteiger partial charge in [0.1, 0.15) is 16.2 Å². The van der Waals surface area contributed by atoms with E-state index in [9.17, 15) is 28.3 Å². The Morgan fingerprint density at radius 3 is 2.53 bits per heavy atom. The van der Waals surface area contributed by atoms with Gasteiger partial charge in [-0.15, -0.1) is 0 Å². The summed E-state index contributed by atoms with van der Waals surface area (Å²) in [4.78, 5) is 8.57. The van der Waals surface area contributed by atoms with E-state index in [-0.39, 0.29) is 10.9 Å². The van der Waals surface area contributed by atoms with E-state index in [0.29, 0.717) is 27.6 Å². The Kier molecular flexibility index (Phi) is 5.81. The van der Waals surface area contributed by atoms with Gasteiger partial charge in [0.05, 0.1) is 11.7 Å². The lowest BCUT2D eigenvalue weighted by Gasteiger charge is -2.33. The van der Waals surface area contributed by atoms with Crippen LogP contribution in [0.1, 0.15) is 25.8 Å². The third kappa shape index (κ3) is 4.14. The van der Waals surface area contributed by atoms with Gasteiger partial charge in [-0.2, -0.15) is 18.6 Å². The largest absolute Gasteiger partial charge is 0.495 e. The number of nitrogens with zero attached hydrogens (tertiary/aromatic N) is 4. The average Bonchev–Trinajstić information content (AvgIpc) is 3.13. The summed E-state index contributed by atoms with van der Waals surface area (Å²) in [5.41, 5.74) is 0.104. The molecule has 32 heavy (non-hydrogen) atoms. The number of fused-ring (bicyclic) bond motifs is 1. The second-order valence-corrected chi connectivity index (χ2v) is 10.0. The molecule has 0 aromatic heterocycles. The molecule has 1 aliphatic carbocycles. The number of rotatable bonds is 4. The molecule has 0 bridgehead atoms. The molecule has 0 saturated heterocycles. The number of aliphatic imine (C=N–C) groups is 2. The van der Waals surface area contributed by atoms with Crippen LogP contribution in [0.4, 0.5) is 5.69 Å². The molecule has 0 saturated carbocycles. The normalized spacial score (nSPS) is 30.8. The molecule has 170 valence electrons. The first kappa shape index (κ1) is 22.8. The number of azo groups is 1. The van der Waals surface area contributed by atoms with Gasteiger partial charge in [-0.3, -0.25) is 9.55 Å². The summed E-state index contributed by atoms with van der Waals surface area (Å²) < 4.78 is 33.3. The highest BCUT2D eigenvalue weighted by molar-refractivity contribution is 8.18. The van der Waals surface area contributed by atoms with Crippen molar-refractivity contribution in [3.63, 3.8) is 0 Å².